The number of aromatic nitrogens is 4. The first-order chi connectivity index (χ1) is 23.4. The van der Waals surface area contributed by atoms with Gasteiger partial charge in [0.1, 0.15) is 34.9 Å². The van der Waals surface area contributed by atoms with Gasteiger partial charge in [0.25, 0.3) is 0 Å². The van der Waals surface area contributed by atoms with Gasteiger partial charge in [-0.25, -0.2) is 14.8 Å². The second kappa shape index (κ2) is 14.9. The SMILES string of the molecule is COC(=O)N[C@H](C(=O)N1CCCC1c1ncc(-c2ccc(C#CC#Cc3cnc(C4CCCN4)[nH]3)c(Oc3ccccc3)c2)[nH]1)C(C)C. The Morgan fingerprint density at radius 3 is 2.56 bits per heavy atom. The first kappa shape index (κ1) is 32.4. The molecule has 2 aliphatic heterocycles. The van der Waals surface area contributed by atoms with E-state index in [0.29, 0.717) is 29.4 Å². The number of aromatic amines is 2. The van der Waals surface area contributed by atoms with Crippen LogP contribution in [0.2, 0.25) is 0 Å². The fourth-order valence-electron chi connectivity index (χ4n) is 6.03. The lowest BCUT2D eigenvalue weighted by Crippen LogP contribution is -2.51. The Balaban J connectivity index is 1.22. The van der Waals surface area contributed by atoms with Gasteiger partial charge >= 0.3 is 6.09 Å². The fraction of sp³-hybridized carbons (Fsp3) is 0.351. The molecule has 2 fully saturated rings. The Hall–Kier alpha value is -5.52. The molecule has 2 unspecified atom stereocenters. The summed E-state index contributed by atoms with van der Waals surface area (Å²) in [6.07, 6.45) is 6.67. The molecule has 2 aliphatic rings. The average Bonchev–Trinajstić information content (AvgIpc) is 3.93. The van der Waals surface area contributed by atoms with E-state index in [1.54, 1.807) is 17.3 Å². The molecule has 4 heterocycles. The van der Waals surface area contributed by atoms with E-state index in [0.717, 1.165) is 55.0 Å². The summed E-state index contributed by atoms with van der Waals surface area (Å²) in [7, 11) is 1.29. The van der Waals surface area contributed by atoms with Crippen LogP contribution in [0.5, 0.6) is 11.5 Å². The molecule has 0 radical (unpaired) electrons. The Kier molecular flexibility index (Phi) is 10.1. The molecule has 246 valence electrons. The van der Waals surface area contributed by atoms with Crippen LogP contribution in [0.15, 0.2) is 60.9 Å². The van der Waals surface area contributed by atoms with Crippen molar-refractivity contribution in [1.29, 1.82) is 0 Å². The summed E-state index contributed by atoms with van der Waals surface area (Å²) in [6, 6.07) is 14.6. The summed E-state index contributed by atoms with van der Waals surface area (Å²) in [5.74, 6) is 14.7. The van der Waals surface area contributed by atoms with Crippen molar-refractivity contribution in [2.75, 3.05) is 20.2 Å². The van der Waals surface area contributed by atoms with E-state index in [4.69, 9.17) is 9.47 Å². The number of amides is 2. The minimum absolute atomic E-state index is 0.113. The third-order valence-electron chi connectivity index (χ3n) is 8.54. The minimum Gasteiger partial charge on any atom is -0.456 e. The molecule has 0 aliphatic carbocycles. The minimum atomic E-state index is -0.699. The van der Waals surface area contributed by atoms with Gasteiger partial charge in [0.2, 0.25) is 5.91 Å². The van der Waals surface area contributed by atoms with E-state index < -0.39 is 12.1 Å². The number of ether oxygens (including phenoxy) is 2. The summed E-state index contributed by atoms with van der Waals surface area (Å²) >= 11 is 0. The van der Waals surface area contributed by atoms with Crippen LogP contribution in [0, 0.1) is 29.6 Å². The molecule has 6 rings (SSSR count). The number of carbonyl (C=O) groups is 2. The molecule has 2 aromatic heterocycles. The number of imidazole rings is 2. The van der Waals surface area contributed by atoms with Gasteiger partial charge in [0, 0.05) is 12.1 Å². The molecule has 0 spiro atoms. The first-order valence-electron chi connectivity index (χ1n) is 16.3. The van der Waals surface area contributed by atoms with E-state index in [-0.39, 0.29) is 23.9 Å². The maximum Gasteiger partial charge on any atom is 0.407 e. The lowest BCUT2D eigenvalue weighted by Gasteiger charge is -2.30. The van der Waals surface area contributed by atoms with Gasteiger partial charge < -0.3 is 35.0 Å². The number of rotatable bonds is 8. The molecule has 11 nitrogen and oxygen atoms in total. The van der Waals surface area contributed by atoms with Crippen LogP contribution in [0.25, 0.3) is 11.3 Å². The van der Waals surface area contributed by atoms with E-state index in [1.807, 2.05) is 62.4 Å². The van der Waals surface area contributed by atoms with Crippen LogP contribution in [-0.4, -0.2) is 63.1 Å². The van der Waals surface area contributed by atoms with Crippen molar-refractivity contribution in [1.82, 2.24) is 35.5 Å². The van der Waals surface area contributed by atoms with Gasteiger partial charge in [-0.3, -0.25) is 4.79 Å². The topological polar surface area (TPSA) is 137 Å². The summed E-state index contributed by atoms with van der Waals surface area (Å²) in [5, 5.41) is 6.12. The summed E-state index contributed by atoms with van der Waals surface area (Å²) in [5.41, 5.74) is 3.04. The van der Waals surface area contributed by atoms with Gasteiger partial charge in [0.15, 0.2) is 0 Å². The summed E-state index contributed by atoms with van der Waals surface area (Å²) < 4.78 is 11.0. The number of nitrogens with one attached hydrogen (secondary N) is 4. The lowest BCUT2D eigenvalue weighted by molar-refractivity contribution is -0.135. The van der Waals surface area contributed by atoms with Gasteiger partial charge in [-0.05, 0) is 86.1 Å². The van der Waals surface area contributed by atoms with Gasteiger partial charge in [-0.1, -0.05) is 38.1 Å². The predicted molar refractivity (Wildman–Crippen MR) is 181 cm³/mol. The zero-order chi connectivity index (χ0) is 33.5. The van der Waals surface area contributed by atoms with Crippen LogP contribution < -0.4 is 15.4 Å². The second-order valence-electron chi connectivity index (χ2n) is 12.2. The number of carbonyl (C=O) groups excluding carboxylic acids is 2. The van der Waals surface area contributed by atoms with E-state index in [2.05, 4.69) is 54.3 Å². The molecule has 0 saturated carbocycles. The lowest BCUT2D eigenvalue weighted by atomic mass is 10.0. The molecule has 2 amide bonds. The molecule has 11 heteroatoms. The highest BCUT2D eigenvalue weighted by Crippen LogP contribution is 2.34. The molecule has 4 aromatic rings. The maximum absolute atomic E-state index is 13.6. The van der Waals surface area contributed by atoms with Crippen molar-refractivity contribution >= 4 is 12.0 Å². The van der Waals surface area contributed by atoms with Crippen molar-refractivity contribution in [2.24, 2.45) is 5.92 Å². The predicted octanol–water partition coefficient (Wildman–Crippen LogP) is 5.46. The number of benzene rings is 2. The van der Waals surface area contributed by atoms with Gasteiger partial charge in [-0.15, -0.1) is 0 Å². The van der Waals surface area contributed by atoms with Crippen molar-refractivity contribution in [3.8, 4) is 46.4 Å². The largest absolute Gasteiger partial charge is 0.456 e. The van der Waals surface area contributed by atoms with Crippen LogP contribution in [0.3, 0.4) is 0 Å². The van der Waals surface area contributed by atoms with Crippen LogP contribution >= 0.6 is 0 Å². The molecular weight excluding hydrogens is 606 g/mol. The number of likely N-dealkylation sites (tertiary alicyclic amines) is 1. The number of alkyl carbamates (subject to hydrolysis) is 1. The molecule has 2 saturated heterocycles. The van der Waals surface area contributed by atoms with Crippen molar-refractivity contribution < 1.29 is 19.1 Å². The highest BCUT2D eigenvalue weighted by molar-refractivity contribution is 5.86. The number of hydrogen-bond donors (Lipinski definition) is 4. The number of methoxy groups -OCH3 is 1. The molecule has 3 atom stereocenters. The van der Waals surface area contributed by atoms with Gasteiger partial charge in [-0.2, -0.15) is 0 Å². The highest BCUT2D eigenvalue weighted by Gasteiger charge is 2.37. The summed E-state index contributed by atoms with van der Waals surface area (Å²) in [4.78, 5) is 43.2. The Labute approximate surface area is 280 Å². The quantitative estimate of drug-likeness (QED) is 0.187. The number of nitrogens with zero attached hydrogens (tertiary/aromatic N) is 3. The Bertz CT molecular complexity index is 1870. The average molecular weight is 646 g/mol. The van der Waals surface area contributed by atoms with Crippen molar-refractivity contribution in [2.45, 2.75) is 57.7 Å². The molecule has 2 aromatic carbocycles. The zero-order valence-electron chi connectivity index (χ0n) is 27.3. The monoisotopic (exact) mass is 645 g/mol. The molecular formula is C37H39N7O4. The third-order valence-corrected chi connectivity index (χ3v) is 8.54. The van der Waals surface area contributed by atoms with E-state index in [1.165, 1.54) is 7.11 Å². The van der Waals surface area contributed by atoms with E-state index >= 15 is 0 Å². The van der Waals surface area contributed by atoms with Crippen LogP contribution in [0.1, 0.15) is 74.5 Å². The van der Waals surface area contributed by atoms with Crippen molar-refractivity contribution in [3.63, 3.8) is 0 Å². The summed E-state index contributed by atoms with van der Waals surface area (Å²) in [6.45, 7) is 5.38. The molecule has 48 heavy (non-hydrogen) atoms. The number of para-hydroxylation sites is 1. The second-order valence-corrected chi connectivity index (χ2v) is 12.2. The van der Waals surface area contributed by atoms with Crippen LogP contribution in [-0.2, 0) is 9.53 Å². The third kappa shape index (κ3) is 7.54. The molecule has 0 bridgehead atoms. The van der Waals surface area contributed by atoms with Crippen LogP contribution in [0.4, 0.5) is 4.79 Å². The Morgan fingerprint density at radius 2 is 1.79 bits per heavy atom. The number of hydrogen-bond acceptors (Lipinski definition) is 7. The fourth-order valence-corrected chi connectivity index (χ4v) is 6.03. The Morgan fingerprint density at radius 1 is 0.979 bits per heavy atom. The zero-order valence-corrected chi connectivity index (χ0v) is 27.3. The normalized spacial score (nSPS) is 17.6. The maximum atomic E-state index is 13.6. The first-order valence-corrected chi connectivity index (χ1v) is 16.3. The molecule has 4 N–H and O–H groups in total. The standard InChI is InChI=1S/C37H39N7O4/c1-24(2)33(43-37(46)47-3)36(45)44-20-10-16-31(44)35-40-23-30(42-35)26-18-17-25(32(21-26)48-28-13-5-4-6-14-28)11-7-8-12-27-22-39-34(41-27)29-15-9-19-38-29/h4-6,13-14,17-18,21-24,29,31,33,38H,9-10,15-16,19-20H2,1-3H3,(H,39,41)(H,40,42)(H,43,46)/t29?,31?,33-/m0/s1. The van der Waals surface area contributed by atoms with E-state index in [9.17, 15) is 9.59 Å². The van der Waals surface area contributed by atoms with Crippen molar-refractivity contribution in [3.05, 3.63) is 83.8 Å². The number of H-pyrrole nitrogens is 2. The smallest absolute Gasteiger partial charge is 0.407 e. The highest BCUT2D eigenvalue weighted by atomic mass is 16.5. The van der Waals surface area contributed by atoms with Gasteiger partial charge in [0.05, 0.1) is 42.8 Å².